The number of hydrogen-bond donors (Lipinski definition) is 2. The molecule has 1 unspecified atom stereocenters. The maximum absolute atomic E-state index is 14.6. The number of aryl methyl sites for hydroxylation is 1. The summed E-state index contributed by atoms with van der Waals surface area (Å²) in [5.41, 5.74) is 2.19. The highest BCUT2D eigenvalue weighted by Gasteiger charge is 2.38. The van der Waals surface area contributed by atoms with E-state index in [4.69, 9.17) is 27.9 Å². The van der Waals surface area contributed by atoms with Crippen molar-refractivity contribution in [2.75, 3.05) is 6.61 Å². The van der Waals surface area contributed by atoms with E-state index in [1.54, 1.807) is 17.9 Å². The number of nitrogens with zero attached hydrogens (tertiary/aromatic N) is 2. The average Bonchev–Trinajstić information content (AvgIpc) is 3.30. The van der Waals surface area contributed by atoms with Crippen molar-refractivity contribution in [1.82, 2.24) is 14.8 Å². The fourth-order valence-electron chi connectivity index (χ4n) is 6.34. The van der Waals surface area contributed by atoms with Gasteiger partial charge in [0.1, 0.15) is 17.8 Å². The molecule has 0 radical (unpaired) electrons. The summed E-state index contributed by atoms with van der Waals surface area (Å²) in [5.74, 6) is -3.86. The highest BCUT2D eigenvalue weighted by atomic mass is 35.5. The molecule has 0 spiro atoms. The van der Waals surface area contributed by atoms with E-state index in [1.807, 2.05) is 35.9 Å². The smallest absolute Gasteiger partial charge is 0.341 e. The van der Waals surface area contributed by atoms with E-state index in [-0.39, 0.29) is 33.5 Å². The van der Waals surface area contributed by atoms with E-state index >= 15 is 0 Å². The normalized spacial score (nSPS) is 14.9. The van der Waals surface area contributed by atoms with E-state index < -0.39 is 48.7 Å². The third-order valence-electron chi connectivity index (χ3n) is 8.62. The van der Waals surface area contributed by atoms with Gasteiger partial charge in [-0.1, -0.05) is 80.6 Å². The summed E-state index contributed by atoms with van der Waals surface area (Å²) in [6.07, 6.45) is 4.17. The summed E-state index contributed by atoms with van der Waals surface area (Å²) in [6, 6.07) is 9.45. The number of rotatable bonds is 13. The van der Waals surface area contributed by atoms with Crippen molar-refractivity contribution >= 4 is 63.6 Å². The predicted molar refractivity (Wildman–Crippen MR) is 180 cm³/mol. The summed E-state index contributed by atoms with van der Waals surface area (Å²) < 4.78 is 6.99. The molecule has 1 aliphatic carbocycles. The minimum atomic E-state index is -1.52. The van der Waals surface area contributed by atoms with E-state index in [2.05, 4.69) is 19.2 Å². The number of ketones is 1. The number of halogens is 2. The number of carboxylic acid groups (broad SMARTS) is 1. The van der Waals surface area contributed by atoms with E-state index in [0.717, 1.165) is 35.7 Å². The van der Waals surface area contributed by atoms with Gasteiger partial charge in [0.2, 0.25) is 5.91 Å². The number of aromatic nitrogens is 1. The van der Waals surface area contributed by atoms with Crippen LogP contribution in [0.3, 0.4) is 0 Å². The third kappa shape index (κ3) is 8.34. The fourth-order valence-corrected chi connectivity index (χ4v) is 6.89. The molecule has 252 valence electrons. The van der Waals surface area contributed by atoms with Crippen molar-refractivity contribution in [2.24, 2.45) is 13.0 Å². The number of carboxylic acids is 1. The van der Waals surface area contributed by atoms with Gasteiger partial charge in [0.15, 0.2) is 12.4 Å². The van der Waals surface area contributed by atoms with Crippen LogP contribution in [-0.4, -0.2) is 68.8 Å². The fraction of sp³-hybridized carbons (Fsp3) is 0.457. The lowest BCUT2D eigenvalue weighted by Crippen LogP contribution is -2.56. The number of aliphatic carboxylic acids is 1. The standard InChI is InChI=1S/C35H41Cl2N3O7/c1-20(2)17-24-23-13-8-9-16-28(23)39(4)32(24)34(45)40(22-11-6-5-7-12-22)21(3)33(44)38-27(18-30(42)43)29(41)19-47-35(46)31-25(36)14-10-15-26(31)37/h8-10,13-16,20-22,27H,5-7,11-12,17-19H2,1-4H3,(H,38,44)(H,42,43)/t21-,27?/m0/s1. The first kappa shape index (κ1) is 36.0. The molecule has 4 rings (SSSR count). The molecule has 1 heterocycles. The van der Waals surface area contributed by atoms with Gasteiger partial charge in [-0.3, -0.25) is 19.2 Å². The van der Waals surface area contributed by atoms with Crippen LogP contribution in [-0.2, 0) is 32.6 Å². The van der Waals surface area contributed by atoms with Gasteiger partial charge in [0.05, 0.1) is 22.0 Å². The number of amides is 2. The molecular weight excluding hydrogens is 645 g/mol. The molecule has 0 bridgehead atoms. The molecule has 12 heteroatoms. The number of fused-ring (bicyclic) bond motifs is 1. The molecule has 2 amide bonds. The maximum Gasteiger partial charge on any atom is 0.341 e. The lowest BCUT2D eigenvalue weighted by Gasteiger charge is -2.38. The van der Waals surface area contributed by atoms with Crippen molar-refractivity contribution in [2.45, 2.75) is 83.8 Å². The Morgan fingerprint density at radius 3 is 2.23 bits per heavy atom. The Bertz CT molecular complexity index is 1640. The summed E-state index contributed by atoms with van der Waals surface area (Å²) in [6.45, 7) is 4.94. The molecule has 0 saturated heterocycles. The molecule has 47 heavy (non-hydrogen) atoms. The molecule has 2 atom stereocenters. The molecule has 1 saturated carbocycles. The molecule has 2 aromatic carbocycles. The van der Waals surface area contributed by atoms with Crippen molar-refractivity contribution in [3.8, 4) is 0 Å². The zero-order valence-corrected chi connectivity index (χ0v) is 28.6. The first-order chi connectivity index (χ1) is 22.3. The monoisotopic (exact) mass is 685 g/mol. The van der Waals surface area contributed by atoms with Gasteiger partial charge in [-0.15, -0.1) is 0 Å². The summed E-state index contributed by atoms with van der Waals surface area (Å²) >= 11 is 12.1. The van der Waals surface area contributed by atoms with E-state index in [9.17, 15) is 29.1 Å². The van der Waals surface area contributed by atoms with Crippen molar-refractivity contribution < 1.29 is 33.8 Å². The summed E-state index contributed by atoms with van der Waals surface area (Å²) in [7, 11) is 1.85. The number of esters is 1. The number of ether oxygens (including phenoxy) is 1. The van der Waals surface area contributed by atoms with Crippen LogP contribution in [0.4, 0.5) is 0 Å². The van der Waals surface area contributed by atoms with Gasteiger partial charge in [-0.05, 0) is 55.9 Å². The number of benzene rings is 2. The van der Waals surface area contributed by atoms with Crippen LogP contribution in [0.5, 0.6) is 0 Å². The molecule has 1 aromatic heterocycles. The zero-order valence-electron chi connectivity index (χ0n) is 27.1. The number of para-hydroxylation sites is 1. The van der Waals surface area contributed by atoms with Gasteiger partial charge in [0.25, 0.3) is 5.91 Å². The lowest BCUT2D eigenvalue weighted by molar-refractivity contribution is -0.141. The van der Waals surface area contributed by atoms with E-state index in [1.165, 1.54) is 12.1 Å². The number of hydrogen-bond acceptors (Lipinski definition) is 6. The van der Waals surface area contributed by atoms with Crippen LogP contribution in [0.25, 0.3) is 10.9 Å². The predicted octanol–water partition coefficient (Wildman–Crippen LogP) is 6.23. The zero-order chi connectivity index (χ0) is 34.4. The van der Waals surface area contributed by atoms with Crippen LogP contribution in [0.15, 0.2) is 42.5 Å². The van der Waals surface area contributed by atoms with Gasteiger partial charge < -0.3 is 24.6 Å². The van der Waals surface area contributed by atoms with Crippen LogP contribution in [0.2, 0.25) is 10.0 Å². The highest BCUT2D eigenvalue weighted by molar-refractivity contribution is 6.39. The van der Waals surface area contributed by atoms with Crippen LogP contribution >= 0.6 is 23.2 Å². The Balaban J connectivity index is 1.61. The minimum Gasteiger partial charge on any atom is -0.481 e. The maximum atomic E-state index is 14.6. The quantitative estimate of drug-likeness (QED) is 0.204. The van der Waals surface area contributed by atoms with Crippen molar-refractivity contribution in [3.05, 3.63) is 69.3 Å². The second-order valence-corrected chi connectivity index (χ2v) is 13.3. The SMILES string of the molecule is CC(C)Cc1c(C(=O)N(C2CCCCC2)[C@@H](C)C(=O)NC(CC(=O)O)C(=O)COC(=O)c2c(Cl)cccc2Cl)n(C)c2ccccc12. The molecule has 2 N–H and O–H groups in total. The summed E-state index contributed by atoms with van der Waals surface area (Å²) in [4.78, 5) is 67.6. The molecule has 1 aliphatic rings. The van der Waals surface area contributed by atoms with Crippen LogP contribution < -0.4 is 5.32 Å². The average molecular weight is 687 g/mol. The van der Waals surface area contributed by atoms with Crippen LogP contribution in [0, 0.1) is 5.92 Å². The minimum absolute atomic E-state index is 0.0225. The number of nitrogens with one attached hydrogen (secondary N) is 1. The van der Waals surface area contributed by atoms with Gasteiger partial charge in [0, 0.05) is 24.0 Å². The van der Waals surface area contributed by atoms with Crippen molar-refractivity contribution in [3.63, 3.8) is 0 Å². The summed E-state index contributed by atoms with van der Waals surface area (Å²) in [5, 5.41) is 13.1. The number of Topliss-reactive ketones (excluding diaryl/α,β-unsaturated/α-hetero) is 1. The highest BCUT2D eigenvalue weighted by Crippen LogP contribution is 2.32. The second kappa shape index (κ2) is 15.8. The first-order valence-corrected chi connectivity index (χ1v) is 16.6. The van der Waals surface area contributed by atoms with Gasteiger partial charge in [-0.25, -0.2) is 4.79 Å². The van der Waals surface area contributed by atoms with E-state index in [0.29, 0.717) is 25.0 Å². The van der Waals surface area contributed by atoms with Gasteiger partial charge in [-0.2, -0.15) is 0 Å². The Hall–Kier alpha value is -3.89. The molecule has 0 aliphatic heterocycles. The Labute approximate surface area is 284 Å². The number of carbonyl (C=O) groups excluding carboxylic acids is 4. The molecular formula is C35H41Cl2N3O7. The van der Waals surface area contributed by atoms with Crippen LogP contribution in [0.1, 0.15) is 85.7 Å². The Morgan fingerprint density at radius 1 is 0.979 bits per heavy atom. The lowest BCUT2D eigenvalue weighted by atomic mass is 9.92. The molecule has 10 nitrogen and oxygen atoms in total. The molecule has 1 fully saturated rings. The van der Waals surface area contributed by atoms with Crippen molar-refractivity contribution in [1.29, 1.82) is 0 Å². The first-order valence-electron chi connectivity index (χ1n) is 15.9. The Morgan fingerprint density at radius 2 is 1.62 bits per heavy atom. The third-order valence-corrected chi connectivity index (χ3v) is 9.25. The number of carbonyl (C=O) groups is 5. The largest absolute Gasteiger partial charge is 0.481 e. The Kier molecular flexibility index (Phi) is 12.1. The molecule has 3 aromatic rings. The topological polar surface area (TPSA) is 135 Å². The van der Waals surface area contributed by atoms with Gasteiger partial charge >= 0.3 is 11.9 Å². The second-order valence-electron chi connectivity index (χ2n) is 12.5.